The van der Waals surface area contributed by atoms with Crippen LogP contribution in [0.2, 0.25) is 0 Å². The van der Waals surface area contributed by atoms with Gasteiger partial charge in [-0.3, -0.25) is 30.7 Å². The quantitative estimate of drug-likeness (QED) is 0.343. The van der Waals surface area contributed by atoms with E-state index in [2.05, 4.69) is 32.4 Å². The molecule has 0 atom stereocenters. The third-order valence-corrected chi connectivity index (χ3v) is 3.74. The van der Waals surface area contributed by atoms with Crippen LogP contribution in [0, 0.1) is 0 Å². The number of rotatable bonds is 9. The number of benzene rings is 3. The Labute approximate surface area is 160 Å². The molecular formula is C18H17BBrN3O3. The van der Waals surface area contributed by atoms with Crippen LogP contribution < -0.4 is 16.4 Å². The molecule has 132 valence electrons. The Morgan fingerprint density at radius 1 is 0.538 bits per heavy atom. The van der Waals surface area contributed by atoms with E-state index in [4.69, 9.17) is 14.3 Å². The Bertz CT molecular complexity index is 735. The summed E-state index contributed by atoms with van der Waals surface area (Å²) in [5, 5.41) is 0. The minimum Gasteiger partial charge on any atom is -0.278 e. The summed E-state index contributed by atoms with van der Waals surface area (Å²) in [7, 11) is -1.07. The zero-order chi connectivity index (χ0) is 18.0. The van der Waals surface area contributed by atoms with E-state index in [-0.39, 0.29) is 0 Å². The van der Waals surface area contributed by atoms with Crippen molar-refractivity contribution >= 4 is 40.3 Å². The van der Waals surface area contributed by atoms with E-state index in [9.17, 15) is 0 Å². The van der Waals surface area contributed by atoms with E-state index in [1.165, 1.54) is 0 Å². The molecule has 3 aromatic rings. The third-order valence-electron chi connectivity index (χ3n) is 3.21. The van der Waals surface area contributed by atoms with Crippen LogP contribution in [0.25, 0.3) is 0 Å². The molecule has 0 spiro atoms. The lowest BCUT2D eigenvalue weighted by atomic mass is 10.2. The zero-order valence-electron chi connectivity index (χ0n) is 13.8. The van der Waals surface area contributed by atoms with Gasteiger partial charge in [0, 0.05) is 4.47 Å². The molecule has 0 saturated carbocycles. The molecule has 26 heavy (non-hydrogen) atoms. The van der Waals surface area contributed by atoms with Gasteiger partial charge in [-0.15, -0.1) is 0 Å². The van der Waals surface area contributed by atoms with Gasteiger partial charge in [0.2, 0.25) is 0 Å². The SMILES string of the molecule is Brc1ccc(NOB(ONc2ccccc2)ONc2ccccc2)cc1. The number of halogens is 1. The molecular weight excluding hydrogens is 397 g/mol. The monoisotopic (exact) mass is 413 g/mol. The van der Waals surface area contributed by atoms with Crippen LogP contribution in [0.5, 0.6) is 0 Å². The number of anilines is 3. The Morgan fingerprint density at radius 2 is 0.923 bits per heavy atom. The van der Waals surface area contributed by atoms with Crippen molar-refractivity contribution in [3.8, 4) is 0 Å². The third kappa shape index (κ3) is 6.09. The molecule has 0 saturated heterocycles. The summed E-state index contributed by atoms with van der Waals surface area (Å²) in [5.41, 5.74) is 10.7. The molecule has 0 heterocycles. The van der Waals surface area contributed by atoms with E-state index in [1.54, 1.807) is 0 Å². The molecule has 0 fully saturated rings. The second-order valence-corrected chi connectivity index (χ2v) is 6.10. The van der Waals surface area contributed by atoms with Crippen molar-refractivity contribution in [2.24, 2.45) is 0 Å². The molecule has 0 radical (unpaired) electrons. The smallest absolute Gasteiger partial charge is 0.278 e. The standard InChI is InChI=1S/C18H17BBrN3O3/c20-15-11-13-18(14-12-15)23-26-19(24-21-16-7-3-1-4-8-16)25-22-17-9-5-2-6-10-17/h1-14,21-23H. The van der Waals surface area contributed by atoms with Crippen molar-refractivity contribution in [3.63, 3.8) is 0 Å². The minimum atomic E-state index is -1.07. The molecule has 6 nitrogen and oxygen atoms in total. The maximum atomic E-state index is 5.48. The molecule has 0 bridgehead atoms. The van der Waals surface area contributed by atoms with Gasteiger partial charge in [0.25, 0.3) is 0 Å². The first-order chi connectivity index (χ1) is 12.8. The predicted molar refractivity (Wildman–Crippen MR) is 107 cm³/mol. The number of hydrogen-bond donors (Lipinski definition) is 3. The fraction of sp³-hybridized carbons (Fsp3) is 0. The summed E-state index contributed by atoms with van der Waals surface area (Å²) in [6, 6.07) is 26.4. The van der Waals surface area contributed by atoms with Crippen molar-refractivity contribution in [2.45, 2.75) is 0 Å². The van der Waals surface area contributed by atoms with Gasteiger partial charge in [0.05, 0.1) is 17.1 Å². The van der Waals surface area contributed by atoms with Crippen molar-refractivity contribution in [1.82, 2.24) is 0 Å². The van der Waals surface area contributed by atoms with Crippen molar-refractivity contribution < 1.29 is 14.3 Å². The van der Waals surface area contributed by atoms with Gasteiger partial charge in [-0.2, -0.15) is 0 Å². The first kappa shape index (κ1) is 18.3. The largest absolute Gasteiger partial charge is 0.707 e. The topological polar surface area (TPSA) is 63.8 Å². The summed E-state index contributed by atoms with van der Waals surface area (Å²) >= 11 is 3.39. The first-order valence-corrected chi connectivity index (χ1v) is 8.69. The number of hydrogen-bond acceptors (Lipinski definition) is 6. The van der Waals surface area contributed by atoms with Crippen LogP contribution in [0.1, 0.15) is 0 Å². The lowest BCUT2D eigenvalue weighted by molar-refractivity contribution is 0.158. The second-order valence-electron chi connectivity index (χ2n) is 5.19. The van der Waals surface area contributed by atoms with Crippen LogP contribution in [0.4, 0.5) is 17.1 Å². The Hall–Kier alpha value is -2.52. The fourth-order valence-corrected chi connectivity index (χ4v) is 2.22. The van der Waals surface area contributed by atoms with E-state index in [0.29, 0.717) is 0 Å². The lowest BCUT2D eigenvalue weighted by Crippen LogP contribution is -2.34. The maximum absolute atomic E-state index is 5.48. The highest BCUT2D eigenvalue weighted by atomic mass is 79.9. The summed E-state index contributed by atoms with van der Waals surface area (Å²) in [6.07, 6.45) is 0. The van der Waals surface area contributed by atoms with Gasteiger partial charge < -0.3 is 0 Å². The van der Waals surface area contributed by atoms with E-state index < -0.39 is 7.32 Å². The summed E-state index contributed by atoms with van der Waals surface area (Å²) in [4.78, 5) is 0. The minimum absolute atomic E-state index is 0.754. The highest BCUT2D eigenvalue weighted by molar-refractivity contribution is 9.10. The highest BCUT2D eigenvalue weighted by Crippen LogP contribution is 2.15. The zero-order valence-corrected chi connectivity index (χ0v) is 15.3. The van der Waals surface area contributed by atoms with Gasteiger partial charge in [-0.05, 0) is 48.5 Å². The lowest BCUT2D eigenvalue weighted by Gasteiger charge is -2.16. The van der Waals surface area contributed by atoms with Crippen molar-refractivity contribution in [1.29, 1.82) is 0 Å². The molecule has 0 unspecified atom stereocenters. The first-order valence-electron chi connectivity index (χ1n) is 7.90. The predicted octanol–water partition coefficient (Wildman–Crippen LogP) is 4.86. The molecule has 0 amide bonds. The van der Waals surface area contributed by atoms with Crippen molar-refractivity contribution in [3.05, 3.63) is 89.4 Å². The maximum Gasteiger partial charge on any atom is 0.707 e. The van der Waals surface area contributed by atoms with Crippen molar-refractivity contribution in [2.75, 3.05) is 16.4 Å². The average molecular weight is 414 g/mol. The molecule has 0 aliphatic rings. The van der Waals surface area contributed by atoms with E-state index in [1.807, 2.05) is 84.9 Å². The summed E-state index contributed by atoms with van der Waals surface area (Å²) in [5.74, 6) is 0. The number of para-hydroxylation sites is 2. The fourth-order valence-electron chi connectivity index (χ4n) is 1.95. The normalized spacial score (nSPS) is 10.2. The Balaban J connectivity index is 1.57. The van der Waals surface area contributed by atoms with Crippen LogP contribution in [-0.2, 0) is 14.3 Å². The molecule has 0 aliphatic heterocycles. The van der Waals surface area contributed by atoms with E-state index >= 15 is 0 Å². The van der Waals surface area contributed by atoms with E-state index in [0.717, 1.165) is 21.5 Å². The van der Waals surface area contributed by atoms with Gasteiger partial charge in [-0.25, -0.2) is 0 Å². The molecule has 8 heteroatoms. The van der Waals surface area contributed by atoms with Gasteiger partial charge >= 0.3 is 7.32 Å². The van der Waals surface area contributed by atoms with Crippen LogP contribution >= 0.6 is 15.9 Å². The molecule has 0 aliphatic carbocycles. The Kier molecular flexibility index (Phi) is 6.92. The summed E-state index contributed by atoms with van der Waals surface area (Å²) in [6.45, 7) is 0. The molecule has 3 aromatic carbocycles. The average Bonchev–Trinajstić information content (AvgIpc) is 2.70. The second kappa shape index (κ2) is 9.84. The van der Waals surface area contributed by atoms with Crippen LogP contribution in [-0.4, -0.2) is 7.32 Å². The Morgan fingerprint density at radius 3 is 1.35 bits per heavy atom. The van der Waals surface area contributed by atoms with Gasteiger partial charge in [-0.1, -0.05) is 52.3 Å². The number of nitrogens with one attached hydrogen (secondary N) is 3. The molecule has 3 rings (SSSR count). The summed E-state index contributed by atoms with van der Waals surface area (Å²) < 4.78 is 17.4. The van der Waals surface area contributed by atoms with Crippen LogP contribution in [0.15, 0.2) is 89.4 Å². The molecule has 0 aromatic heterocycles. The molecule has 3 N–H and O–H groups in total. The van der Waals surface area contributed by atoms with Crippen LogP contribution in [0.3, 0.4) is 0 Å². The van der Waals surface area contributed by atoms with Gasteiger partial charge in [0.1, 0.15) is 0 Å². The van der Waals surface area contributed by atoms with Gasteiger partial charge in [0.15, 0.2) is 0 Å². The highest BCUT2D eigenvalue weighted by Gasteiger charge is 2.24.